The van der Waals surface area contributed by atoms with Crippen molar-refractivity contribution in [3.63, 3.8) is 0 Å². The number of thiazole rings is 1. The van der Waals surface area contributed by atoms with E-state index in [1.165, 1.54) is 4.88 Å². The minimum atomic E-state index is 0.203. The van der Waals surface area contributed by atoms with Gasteiger partial charge in [-0.05, 0) is 47.0 Å². The number of ketones is 1. The van der Waals surface area contributed by atoms with E-state index >= 15 is 0 Å². The van der Waals surface area contributed by atoms with Crippen LogP contribution < -0.4 is 4.74 Å². The number of benzene rings is 1. The lowest BCUT2D eigenvalue weighted by Crippen LogP contribution is -2.06. The van der Waals surface area contributed by atoms with Crippen LogP contribution in [0.4, 0.5) is 0 Å². The fourth-order valence-electron chi connectivity index (χ4n) is 1.88. The van der Waals surface area contributed by atoms with Crippen LogP contribution in [0.2, 0.25) is 5.02 Å². The Bertz CT molecular complexity index is 645. The van der Waals surface area contributed by atoms with Crippen LogP contribution >= 0.6 is 38.9 Å². The van der Waals surface area contributed by atoms with Crippen molar-refractivity contribution in [3.05, 3.63) is 43.8 Å². The third-order valence-corrected chi connectivity index (χ3v) is 5.43. The summed E-state index contributed by atoms with van der Waals surface area (Å²) >= 11 is 10.9. The van der Waals surface area contributed by atoms with Gasteiger partial charge >= 0.3 is 0 Å². The first-order valence-electron chi connectivity index (χ1n) is 7.11. The number of nitrogens with zero attached hydrogens (tertiary/aromatic N) is 1. The lowest BCUT2D eigenvalue weighted by atomic mass is 10.2. The minimum absolute atomic E-state index is 0.203. The van der Waals surface area contributed by atoms with Gasteiger partial charge in [-0.2, -0.15) is 0 Å². The SMILES string of the molecule is CCc1cnc(CC(=O)CCCOc2ccc(Br)c(Cl)c2)s1. The lowest BCUT2D eigenvalue weighted by molar-refractivity contribution is -0.118. The van der Waals surface area contributed by atoms with E-state index in [0.29, 0.717) is 36.6 Å². The first kappa shape index (κ1) is 17.4. The molecular weight excluding hydrogens is 386 g/mol. The van der Waals surface area contributed by atoms with Gasteiger partial charge in [0.25, 0.3) is 0 Å². The Morgan fingerprint density at radius 1 is 1.45 bits per heavy atom. The summed E-state index contributed by atoms with van der Waals surface area (Å²) in [5.41, 5.74) is 0. The number of hydrogen-bond donors (Lipinski definition) is 0. The van der Waals surface area contributed by atoms with Crippen LogP contribution in [0.25, 0.3) is 0 Å². The first-order valence-corrected chi connectivity index (χ1v) is 9.10. The van der Waals surface area contributed by atoms with Crippen LogP contribution in [0.3, 0.4) is 0 Å². The molecule has 0 unspecified atom stereocenters. The van der Waals surface area contributed by atoms with E-state index in [1.54, 1.807) is 17.4 Å². The topological polar surface area (TPSA) is 39.2 Å². The van der Waals surface area contributed by atoms with E-state index in [4.69, 9.17) is 16.3 Å². The predicted octanol–water partition coefficient (Wildman–Crippen LogP) is 5.09. The molecule has 118 valence electrons. The molecule has 0 atom stereocenters. The van der Waals surface area contributed by atoms with Crippen LogP contribution in [-0.2, 0) is 17.6 Å². The molecule has 1 aromatic heterocycles. The second kappa shape index (κ2) is 8.65. The zero-order chi connectivity index (χ0) is 15.9. The summed E-state index contributed by atoms with van der Waals surface area (Å²) in [4.78, 5) is 17.4. The summed E-state index contributed by atoms with van der Waals surface area (Å²) in [5.74, 6) is 0.919. The second-order valence-corrected chi connectivity index (χ2v) is 7.28. The summed E-state index contributed by atoms with van der Waals surface area (Å²) < 4.78 is 6.43. The Balaban J connectivity index is 1.69. The molecule has 2 rings (SSSR count). The molecule has 0 saturated carbocycles. The van der Waals surface area contributed by atoms with Crippen LogP contribution in [-0.4, -0.2) is 17.4 Å². The number of aryl methyl sites for hydroxylation is 1. The third kappa shape index (κ3) is 5.38. The Morgan fingerprint density at radius 2 is 2.27 bits per heavy atom. The van der Waals surface area contributed by atoms with E-state index in [9.17, 15) is 4.79 Å². The van der Waals surface area contributed by atoms with Gasteiger partial charge in [0, 0.05) is 22.0 Å². The van der Waals surface area contributed by atoms with Crippen molar-refractivity contribution < 1.29 is 9.53 Å². The summed E-state index contributed by atoms with van der Waals surface area (Å²) in [6, 6.07) is 5.45. The Labute approximate surface area is 147 Å². The highest BCUT2D eigenvalue weighted by atomic mass is 79.9. The van der Waals surface area contributed by atoms with Crippen molar-refractivity contribution in [2.45, 2.75) is 32.6 Å². The zero-order valence-corrected chi connectivity index (χ0v) is 15.4. The number of hydrogen-bond acceptors (Lipinski definition) is 4. The predicted molar refractivity (Wildman–Crippen MR) is 94.1 cm³/mol. The summed E-state index contributed by atoms with van der Waals surface area (Å²) in [5, 5.41) is 1.52. The van der Waals surface area contributed by atoms with Crippen molar-refractivity contribution in [3.8, 4) is 5.75 Å². The van der Waals surface area contributed by atoms with Gasteiger partial charge in [0.1, 0.15) is 16.5 Å². The van der Waals surface area contributed by atoms with Gasteiger partial charge in [0.2, 0.25) is 0 Å². The Hall–Kier alpha value is -0.910. The van der Waals surface area contributed by atoms with Crippen molar-refractivity contribution >= 4 is 44.7 Å². The molecule has 0 saturated heterocycles. The van der Waals surface area contributed by atoms with Gasteiger partial charge in [-0.15, -0.1) is 11.3 Å². The lowest BCUT2D eigenvalue weighted by Gasteiger charge is -2.06. The highest BCUT2D eigenvalue weighted by Crippen LogP contribution is 2.26. The van der Waals surface area contributed by atoms with Gasteiger partial charge in [0.15, 0.2) is 0 Å². The fourth-order valence-corrected chi connectivity index (χ4v) is 3.18. The molecule has 3 nitrogen and oxygen atoms in total. The molecule has 1 aromatic carbocycles. The van der Waals surface area contributed by atoms with E-state index in [0.717, 1.165) is 15.9 Å². The highest BCUT2D eigenvalue weighted by molar-refractivity contribution is 9.10. The number of ether oxygens (including phenoxy) is 1. The number of rotatable bonds is 8. The molecule has 0 fully saturated rings. The van der Waals surface area contributed by atoms with Crippen LogP contribution in [0.15, 0.2) is 28.9 Å². The van der Waals surface area contributed by atoms with Gasteiger partial charge in [-0.25, -0.2) is 4.98 Å². The number of Topliss-reactive ketones (excluding diaryl/α,β-unsaturated/α-hetero) is 1. The molecular formula is C16H17BrClNO2S. The maximum Gasteiger partial charge on any atom is 0.139 e. The van der Waals surface area contributed by atoms with Gasteiger partial charge in [-0.3, -0.25) is 4.79 Å². The van der Waals surface area contributed by atoms with Crippen LogP contribution in [0, 0.1) is 0 Å². The van der Waals surface area contributed by atoms with Gasteiger partial charge < -0.3 is 4.74 Å². The van der Waals surface area contributed by atoms with Crippen molar-refractivity contribution in [1.29, 1.82) is 0 Å². The van der Waals surface area contributed by atoms with E-state index in [2.05, 4.69) is 27.8 Å². The smallest absolute Gasteiger partial charge is 0.139 e. The minimum Gasteiger partial charge on any atom is -0.494 e. The summed E-state index contributed by atoms with van der Waals surface area (Å²) in [7, 11) is 0. The van der Waals surface area contributed by atoms with Crippen LogP contribution in [0.1, 0.15) is 29.7 Å². The van der Waals surface area contributed by atoms with Crippen molar-refractivity contribution in [1.82, 2.24) is 4.98 Å². The molecule has 2 aromatic rings. The second-order valence-electron chi connectivity index (χ2n) is 4.82. The standard InChI is InChI=1S/C16H17BrClNO2S/c1-2-13-10-19-16(22-13)8-11(20)4-3-7-21-12-5-6-14(17)15(18)9-12/h5-6,9-10H,2-4,7-8H2,1H3. The maximum absolute atomic E-state index is 11.9. The van der Waals surface area contributed by atoms with Crippen molar-refractivity contribution in [2.75, 3.05) is 6.61 Å². The number of halogens is 2. The highest BCUT2D eigenvalue weighted by Gasteiger charge is 2.08. The quantitative estimate of drug-likeness (QED) is 0.577. The average molecular weight is 403 g/mol. The number of aromatic nitrogens is 1. The molecule has 0 amide bonds. The molecule has 1 heterocycles. The monoisotopic (exact) mass is 401 g/mol. The molecule has 0 spiro atoms. The fraction of sp³-hybridized carbons (Fsp3) is 0.375. The molecule has 6 heteroatoms. The molecule has 0 aliphatic carbocycles. The average Bonchev–Trinajstić information content (AvgIpc) is 2.95. The third-order valence-electron chi connectivity index (χ3n) is 3.06. The number of carbonyl (C=O) groups is 1. The van der Waals surface area contributed by atoms with E-state index in [1.807, 2.05) is 18.3 Å². The molecule has 0 radical (unpaired) electrons. The zero-order valence-electron chi connectivity index (χ0n) is 12.3. The van der Waals surface area contributed by atoms with E-state index in [-0.39, 0.29) is 5.78 Å². The molecule has 22 heavy (non-hydrogen) atoms. The molecule has 0 aliphatic rings. The largest absolute Gasteiger partial charge is 0.494 e. The molecule has 0 bridgehead atoms. The van der Waals surface area contributed by atoms with Crippen LogP contribution in [0.5, 0.6) is 5.75 Å². The Kier molecular flexibility index (Phi) is 6.86. The first-order chi connectivity index (χ1) is 10.6. The summed E-state index contributed by atoms with van der Waals surface area (Å²) in [6.07, 6.45) is 4.45. The number of carbonyl (C=O) groups excluding carboxylic acids is 1. The maximum atomic E-state index is 11.9. The molecule has 0 aliphatic heterocycles. The Morgan fingerprint density at radius 3 is 2.95 bits per heavy atom. The normalized spacial score (nSPS) is 10.7. The van der Waals surface area contributed by atoms with Crippen molar-refractivity contribution in [2.24, 2.45) is 0 Å². The molecule has 0 N–H and O–H groups in total. The van der Waals surface area contributed by atoms with Gasteiger partial charge in [0.05, 0.1) is 18.1 Å². The van der Waals surface area contributed by atoms with Gasteiger partial charge in [-0.1, -0.05) is 18.5 Å². The summed E-state index contributed by atoms with van der Waals surface area (Å²) in [6.45, 7) is 2.59. The van der Waals surface area contributed by atoms with E-state index < -0.39 is 0 Å².